The average molecular weight is 220 g/mol. The molecule has 1 aromatic carbocycles. The summed E-state index contributed by atoms with van der Waals surface area (Å²) in [6, 6.07) is 7.00. The van der Waals surface area contributed by atoms with Gasteiger partial charge in [0.25, 0.3) is 0 Å². The number of amides is 1. The first-order valence-corrected chi connectivity index (χ1v) is 5.40. The third-order valence-corrected chi connectivity index (χ3v) is 2.84. The van der Waals surface area contributed by atoms with E-state index in [4.69, 9.17) is 0 Å². The summed E-state index contributed by atoms with van der Waals surface area (Å²) in [4.78, 5) is 13.5. The molecule has 1 aromatic rings. The number of phenols is 1. The third-order valence-electron chi connectivity index (χ3n) is 2.84. The van der Waals surface area contributed by atoms with Crippen LogP contribution in [0.2, 0.25) is 0 Å². The zero-order valence-corrected chi connectivity index (χ0v) is 9.31. The van der Waals surface area contributed by atoms with Gasteiger partial charge in [-0.15, -0.1) is 0 Å². The molecule has 0 radical (unpaired) electrons. The summed E-state index contributed by atoms with van der Waals surface area (Å²) in [5.74, 6) is 0.535. The van der Waals surface area contributed by atoms with Gasteiger partial charge in [0, 0.05) is 26.7 Å². The molecule has 0 unspecified atom stereocenters. The van der Waals surface area contributed by atoms with Gasteiger partial charge in [0.2, 0.25) is 5.91 Å². The number of nitrogens with zero attached hydrogens (tertiary/aromatic N) is 1. The van der Waals surface area contributed by atoms with Crippen molar-refractivity contribution in [3.63, 3.8) is 0 Å². The first-order chi connectivity index (χ1) is 7.66. The van der Waals surface area contributed by atoms with Crippen molar-refractivity contribution in [1.29, 1.82) is 0 Å². The second-order valence-corrected chi connectivity index (χ2v) is 4.22. The summed E-state index contributed by atoms with van der Waals surface area (Å²) in [6.07, 6.45) is 0. The van der Waals surface area contributed by atoms with Crippen LogP contribution in [0, 0.1) is 5.92 Å². The van der Waals surface area contributed by atoms with E-state index >= 15 is 0 Å². The van der Waals surface area contributed by atoms with Gasteiger partial charge in [-0.1, -0.05) is 12.1 Å². The van der Waals surface area contributed by atoms with Crippen LogP contribution >= 0.6 is 0 Å². The molecule has 0 bridgehead atoms. The molecule has 1 amide bonds. The van der Waals surface area contributed by atoms with Gasteiger partial charge in [-0.05, 0) is 17.7 Å². The number of hydrogen-bond donors (Lipinski definition) is 2. The van der Waals surface area contributed by atoms with Gasteiger partial charge >= 0.3 is 0 Å². The highest BCUT2D eigenvalue weighted by molar-refractivity contribution is 5.79. The molecule has 1 fully saturated rings. The summed E-state index contributed by atoms with van der Waals surface area (Å²) in [6.45, 7) is 2.11. The Hall–Kier alpha value is -1.55. The van der Waals surface area contributed by atoms with Crippen molar-refractivity contribution in [1.82, 2.24) is 10.2 Å². The standard InChI is InChI=1S/C12H16N2O2/c1-14(12(16)10-6-13-7-10)8-9-3-2-4-11(15)5-9/h2-5,10,13,15H,6-8H2,1H3. The van der Waals surface area contributed by atoms with E-state index in [0.717, 1.165) is 18.7 Å². The number of aromatic hydroxyl groups is 1. The fourth-order valence-electron chi connectivity index (χ4n) is 1.78. The fourth-order valence-corrected chi connectivity index (χ4v) is 1.78. The van der Waals surface area contributed by atoms with Crippen molar-refractivity contribution in [3.8, 4) is 5.75 Å². The molecule has 2 N–H and O–H groups in total. The van der Waals surface area contributed by atoms with Gasteiger partial charge in [0.05, 0.1) is 5.92 Å². The monoisotopic (exact) mass is 220 g/mol. The van der Waals surface area contributed by atoms with E-state index < -0.39 is 0 Å². The topological polar surface area (TPSA) is 52.6 Å². The Labute approximate surface area is 94.9 Å². The predicted octanol–water partition coefficient (Wildman–Crippen LogP) is 0.570. The lowest BCUT2D eigenvalue weighted by molar-refractivity contribution is -0.136. The lowest BCUT2D eigenvalue weighted by atomic mass is 10.0. The fraction of sp³-hybridized carbons (Fsp3) is 0.417. The lowest BCUT2D eigenvalue weighted by Gasteiger charge is -2.30. The van der Waals surface area contributed by atoms with E-state index in [0.29, 0.717) is 6.54 Å². The van der Waals surface area contributed by atoms with Gasteiger partial charge in [-0.25, -0.2) is 0 Å². The summed E-state index contributed by atoms with van der Waals surface area (Å²) in [5.41, 5.74) is 0.947. The van der Waals surface area contributed by atoms with Crippen LogP contribution in [-0.4, -0.2) is 36.1 Å². The molecule has 0 aliphatic carbocycles. The Morgan fingerprint density at radius 2 is 2.31 bits per heavy atom. The Morgan fingerprint density at radius 3 is 2.88 bits per heavy atom. The molecule has 1 aliphatic rings. The molecular weight excluding hydrogens is 204 g/mol. The molecular formula is C12H16N2O2. The van der Waals surface area contributed by atoms with Gasteiger partial charge in [-0.3, -0.25) is 4.79 Å². The SMILES string of the molecule is CN(Cc1cccc(O)c1)C(=O)C1CNC1. The van der Waals surface area contributed by atoms with Gasteiger partial charge in [0.15, 0.2) is 0 Å². The predicted molar refractivity (Wildman–Crippen MR) is 60.9 cm³/mol. The van der Waals surface area contributed by atoms with Crippen LogP contribution < -0.4 is 5.32 Å². The maximum Gasteiger partial charge on any atom is 0.228 e. The van der Waals surface area contributed by atoms with Crippen LogP contribution in [0.4, 0.5) is 0 Å². The number of carbonyl (C=O) groups is 1. The summed E-state index contributed by atoms with van der Waals surface area (Å²) < 4.78 is 0. The number of phenolic OH excluding ortho intramolecular Hbond substituents is 1. The molecule has 4 heteroatoms. The van der Waals surface area contributed by atoms with Gasteiger partial charge in [0.1, 0.15) is 5.75 Å². The second-order valence-electron chi connectivity index (χ2n) is 4.22. The van der Waals surface area contributed by atoms with E-state index in [1.807, 2.05) is 6.07 Å². The molecule has 0 atom stereocenters. The Kier molecular flexibility index (Phi) is 3.10. The Morgan fingerprint density at radius 1 is 1.56 bits per heavy atom. The van der Waals surface area contributed by atoms with Crippen LogP contribution in [0.3, 0.4) is 0 Å². The van der Waals surface area contributed by atoms with Gasteiger partial charge in [-0.2, -0.15) is 0 Å². The number of benzene rings is 1. The zero-order chi connectivity index (χ0) is 11.5. The zero-order valence-electron chi connectivity index (χ0n) is 9.31. The first-order valence-electron chi connectivity index (χ1n) is 5.40. The highest BCUT2D eigenvalue weighted by atomic mass is 16.3. The summed E-state index contributed by atoms with van der Waals surface area (Å²) in [5, 5.41) is 12.4. The molecule has 0 saturated carbocycles. The third kappa shape index (κ3) is 2.33. The van der Waals surface area contributed by atoms with E-state index in [1.54, 1.807) is 30.1 Å². The largest absolute Gasteiger partial charge is 0.508 e. The molecule has 0 spiro atoms. The normalized spacial score (nSPS) is 15.6. The molecule has 0 aromatic heterocycles. The van der Waals surface area contributed by atoms with Crippen molar-refractivity contribution in [2.45, 2.75) is 6.54 Å². The summed E-state index contributed by atoms with van der Waals surface area (Å²) >= 11 is 0. The average Bonchev–Trinajstić information content (AvgIpc) is 2.14. The Bertz CT molecular complexity index is 388. The molecule has 1 aliphatic heterocycles. The van der Waals surface area contributed by atoms with Crippen LogP contribution in [0.1, 0.15) is 5.56 Å². The van der Waals surface area contributed by atoms with Crippen molar-refractivity contribution in [2.24, 2.45) is 5.92 Å². The molecule has 2 rings (SSSR count). The van der Waals surface area contributed by atoms with Crippen LogP contribution in [-0.2, 0) is 11.3 Å². The maximum absolute atomic E-state index is 11.8. The molecule has 86 valence electrons. The van der Waals surface area contributed by atoms with Crippen molar-refractivity contribution < 1.29 is 9.90 Å². The smallest absolute Gasteiger partial charge is 0.228 e. The van der Waals surface area contributed by atoms with E-state index in [2.05, 4.69) is 5.32 Å². The molecule has 1 heterocycles. The minimum atomic E-state index is 0.127. The lowest BCUT2D eigenvalue weighted by Crippen LogP contribution is -2.50. The van der Waals surface area contributed by atoms with E-state index in [9.17, 15) is 9.90 Å². The first kappa shape index (κ1) is 11.0. The number of rotatable bonds is 3. The highest BCUT2D eigenvalue weighted by Gasteiger charge is 2.27. The van der Waals surface area contributed by atoms with Crippen LogP contribution in [0.15, 0.2) is 24.3 Å². The molecule has 16 heavy (non-hydrogen) atoms. The van der Waals surface area contributed by atoms with E-state index in [-0.39, 0.29) is 17.6 Å². The van der Waals surface area contributed by atoms with Crippen LogP contribution in [0.5, 0.6) is 5.75 Å². The minimum absolute atomic E-state index is 0.127. The van der Waals surface area contributed by atoms with E-state index in [1.165, 1.54) is 0 Å². The van der Waals surface area contributed by atoms with Gasteiger partial charge < -0.3 is 15.3 Å². The number of nitrogens with one attached hydrogen (secondary N) is 1. The minimum Gasteiger partial charge on any atom is -0.508 e. The van der Waals surface area contributed by atoms with Crippen molar-refractivity contribution in [2.75, 3.05) is 20.1 Å². The molecule has 4 nitrogen and oxygen atoms in total. The van der Waals surface area contributed by atoms with Crippen molar-refractivity contribution in [3.05, 3.63) is 29.8 Å². The quantitative estimate of drug-likeness (QED) is 0.783. The van der Waals surface area contributed by atoms with Crippen molar-refractivity contribution >= 4 is 5.91 Å². The summed E-state index contributed by atoms with van der Waals surface area (Å²) in [7, 11) is 1.80. The van der Waals surface area contributed by atoms with Crippen LogP contribution in [0.25, 0.3) is 0 Å². The molecule has 1 saturated heterocycles. The highest BCUT2D eigenvalue weighted by Crippen LogP contribution is 2.14. The second kappa shape index (κ2) is 4.53. The maximum atomic E-state index is 11.8. The number of hydrogen-bond acceptors (Lipinski definition) is 3. The number of carbonyl (C=O) groups excluding carboxylic acids is 1. The Balaban J connectivity index is 1.95.